The number of carbonyl (C=O) groups is 2. The summed E-state index contributed by atoms with van der Waals surface area (Å²) in [5.74, 6) is -0.521. The van der Waals surface area contributed by atoms with Gasteiger partial charge in [-0.2, -0.15) is 0 Å². The first-order chi connectivity index (χ1) is 11.2. The average molecular weight is 316 g/mol. The van der Waals surface area contributed by atoms with Crippen LogP contribution in [-0.2, 0) is 20.7 Å². The van der Waals surface area contributed by atoms with Gasteiger partial charge in [-0.1, -0.05) is 38.0 Å². The molecule has 1 heterocycles. The number of aromatic nitrogens is 1. The number of carbonyl (C=O) groups excluding carboxylic acids is 2. The predicted molar refractivity (Wildman–Crippen MR) is 90.1 cm³/mol. The van der Waals surface area contributed by atoms with Crippen LogP contribution in [0.5, 0.6) is 0 Å². The van der Waals surface area contributed by atoms with Gasteiger partial charge in [0, 0.05) is 29.9 Å². The van der Waals surface area contributed by atoms with Gasteiger partial charge in [0.2, 0.25) is 5.91 Å². The predicted octanol–water partition coefficient (Wildman–Crippen LogP) is 2.95. The van der Waals surface area contributed by atoms with Crippen molar-refractivity contribution in [3.05, 3.63) is 36.0 Å². The van der Waals surface area contributed by atoms with Gasteiger partial charge in [-0.25, -0.2) is 4.79 Å². The molecule has 0 aliphatic rings. The Bertz CT molecular complexity index is 663. The topological polar surface area (TPSA) is 71.2 Å². The van der Waals surface area contributed by atoms with Gasteiger partial charge in [0.25, 0.3) is 0 Å². The Morgan fingerprint density at radius 3 is 2.78 bits per heavy atom. The Balaban J connectivity index is 2.06. The highest BCUT2D eigenvalue weighted by Gasteiger charge is 2.23. The Morgan fingerprint density at radius 2 is 2.04 bits per heavy atom. The number of unbranched alkanes of at least 4 members (excludes halogenated alkanes) is 2. The largest absolute Gasteiger partial charge is 0.467 e. The molecular formula is C18H24N2O3. The highest BCUT2D eigenvalue weighted by atomic mass is 16.5. The van der Waals surface area contributed by atoms with Crippen molar-refractivity contribution in [1.29, 1.82) is 0 Å². The number of para-hydroxylation sites is 1. The lowest BCUT2D eigenvalue weighted by atomic mass is 10.0. The molecular weight excluding hydrogens is 292 g/mol. The van der Waals surface area contributed by atoms with Crippen LogP contribution in [0.15, 0.2) is 30.5 Å². The van der Waals surface area contributed by atoms with E-state index in [0.717, 1.165) is 35.7 Å². The van der Waals surface area contributed by atoms with Gasteiger partial charge < -0.3 is 15.0 Å². The molecule has 5 nitrogen and oxygen atoms in total. The Labute approximate surface area is 136 Å². The number of H-pyrrole nitrogens is 1. The maximum absolute atomic E-state index is 12.0. The maximum atomic E-state index is 12.0. The van der Waals surface area contributed by atoms with E-state index in [1.807, 2.05) is 30.5 Å². The zero-order chi connectivity index (χ0) is 16.7. The van der Waals surface area contributed by atoms with E-state index in [1.165, 1.54) is 7.11 Å². The van der Waals surface area contributed by atoms with Crippen molar-refractivity contribution in [2.24, 2.45) is 0 Å². The number of fused-ring (bicyclic) bond motifs is 1. The van der Waals surface area contributed by atoms with Gasteiger partial charge in [-0.3, -0.25) is 4.79 Å². The fraction of sp³-hybridized carbons (Fsp3) is 0.444. The number of hydrogen-bond acceptors (Lipinski definition) is 3. The van der Waals surface area contributed by atoms with Crippen molar-refractivity contribution in [2.75, 3.05) is 7.11 Å². The molecule has 2 rings (SSSR count). The quantitative estimate of drug-likeness (QED) is 0.581. The highest BCUT2D eigenvalue weighted by Crippen LogP contribution is 2.19. The van der Waals surface area contributed by atoms with Crippen LogP contribution < -0.4 is 5.32 Å². The second kappa shape index (κ2) is 8.36. The molecule has 2 N–H and O–H groups in total. The van der Waals surface area contributed by atoms with Crippen LogP contribution in [0.2, 0.25) is 0 Å². The summed E-state index contributed by atoms with van der Waals surface area (Å²) in [6, 6.07) is 7.23. The van der Waals surface area contributed by atoms with Crippen molar-refractivity contribution in [3.63, 3.8) is 0 Å². The number of methoxy groups -OCH3 is 1. The summed E-state index contributed by atoms with van der Waals surface area (Å²) in [7, 11) is 1.34. The van der Waals surface area contributed by atoms with Gasteiger partial charge in [0.05, 0.1) is 7.11 Å². The van der Waals surface area contributed by atoms with E-state index in [4.69, 9.17) is 4.74 Å². The Kier molecular flexibility index (Phi) is 6.20. The molecule has 0 radical (unpaired) electrons. The molecule has 1 atom stereocenters. The van der Waals surface area contributed by atoms with Crippen molar-refractivity contribution in [3.8, 4) is 0 Å². The molecule has 0 aliphatic carbocycles. The SMILES string of the molecule is CCCCCC(=O)N[C@@H](Cc1c[nH]c2ccccc12)C(=O)OC. The third-order valence-electron chi connectivity index (χ3n) is 3.93. The van der Waals surface area contributed by atoms with Crippen molar-refractivity contribution >= 4 is 22.8 Å². The molecule has 0 aliphatic heterocycles. The highest BCUT2D eigenvalue weighted by molar-refractivity contribution is 5.87. The number of benzene rings is 1. The molecule has 2 aromatic rings. The number of amides is 1. The van der Waals surface area contributed by atoms with Gasteiger partial charge >= 0.3 is 5.97 Å². The Morgan fingerprint density at radius 1 is 1.26 bits per heavy atom. The normalized spacial score (nSPS) is 12.1. The smallest absolute Gasteiger partial charge is 0.328 e. The number of hydrogen-bond donors (Lipinski definition) is 2. The van der Waals surface area contributed by atoms with Gasteiger partial charge in [-0.15, -0.1) is 0 Å². The fourth-order valence-electron chi connectivity index (χ4n) is 2.66. The molecule has 5 heteroatoms. The third kappa shape index (κ3) is 4.58. The average Bonchev–Trinajstić information content (AvgIpc) is 2.97. The van der Waals surface area contributed by atoms with E-state index < -0.39 is 12.0 Å². The molecule has 0 unspecified atom stereocenters. The van der Waals surface area contributed by atoms with Gasteiger partial charge in [0.15, 0.2) is 0 Å². The summed E-state index contributed by atoms with van der Waals surface area (Å²) in [4.78, 5) is 27.2. The second-order valence-corrected chi connectivity index (χ2v) is 5.66. The summed E-state index contributed by atoms with van der Waals surface area (Å²) in [6.07, 6.45) is 5.64. The number of ether oxygens (including phenoxy) is 1. The monoisotopic (exact) mass is 316 g/mol. The molecule has 0 fully saturated rings. The first kappa shape index (κ1) is 17.1. The second-order valence-electron chi connectivity index (χ2n) is 5.66. The van der Waals surface area contributed by atoms with E-state index >= 15 is 0 Å². The van der Waals surface area contributed by atoms with E-state index in [1.54, 1.807) is 0 Å². The summed E-state index contributed by atoms with van der Waals surface area (Å²) in [5, 5.41) is 3.86. The molecule has 1 aromatic carbocycles. The molecule has 1 aromatic heterocycles. The number of aromatic amines is 1. The molecule has 1 amide bonds. The van der Waals surface area contributed by atoms with Crippen LogP contribution >= 0.6 is 0 Å². The summed E-state index contributed by atoms with van der Waals surface area (Å²) in [6.45, 7) is 2.09. The number of rotatable bonds is 8. The van der Waals surface area contributed by atoms with Crippen LogP contribution in [0.4, 0.5) is 0 Å². The van der Waals surface area contributed by atoms with Gasteiger partial charge in [0.1, 0.15) is 6.04 Å². The Hall–Kier alpha value is -2.30. The van der Waals surface area contributed by atoms with Crippen LogP contribution in [-0.4, -0.2) is 30.0 Å². The van der Waals surface area contributed by atoms with Crippen molar-refractivity contribution in [2.45, 2.75) is 45.1 Å². The minimum atomic E-state index is -0.659. The molecule has 0 saturated heterocycles. The molecule has 124 valence electrons. The fourth-order valence-corrected chi connectivity index (χ4v) is 2.66. The van der Waals surface area contributed by atoms with Crippen molar-refractivity contribution in [1.82, 2.24) is 10.3 Å². The lowest BCUT2D eigenvalue weighted by molar-refractivity contribution is -0.145. The lowest BCUT2D eigenvalue weighted by Gasteiger charge is -2.16. The zero-order valence-electron chi connectivity index (χ0n) is 13.7. The summed E-state index contributed by atoms with van der Waals surface area (Å²) in [5.41, 5.74) is 2.00. The molecule has 0 spiro atoms. The molecule has 0 bridgehead atoms. The zero-order valence-corrected chi connectivity index (χ0v) is 13.7. The standard InChI is InChI=1S/C18H24N2O3/c1-3-4-5-10-17(21)20-16(18(22)23-2)11-13-12-19-15-9-7-6-8-14(13)15/h6-9,12,16,19H,3-5,10-11H2,1-2H3,(H,20,21)/t16-/m0/s1. The first-order valence-corrected chi connectivity index (χ1v) is 8.08. The lowest BCUT2D eigenvalue weighted by Crippen LogP contribution is -2.42. The first-order valence-electron chi connectivity index (χ1n) is 8.08. The van der Waals surface area contributed by atoms with Gasteiger partial charge in [-0.05, 0) is 18.1 Å². The van der Waals surface area contributed by atoms with E-state index in [2.05, 4.69) is 17.2 Å². The number of esters is 1. The van der Waals surface area contributed by atoms with E-state index in [0.29, 0.717) is 12.8 Å². The van der Waals surface area contributed by atoms with Crippen LogP contribution in [0.25, 0.3) is 10.9 Å². The number of nitrogens with one attached hydrogen (secondary N) is 2. The minimum absolute atomic E-state index is 0.103. The van der Waals surface area contributed by atoms with Crippen LogP contribution in [0, 0.1) is 0 Å². The van der Waals surface area contributed by atoms with Crippen LogP contribution in [0.3, 0.4) is 0 Å². The molecule has 23 heavy (non-hydrogen) atoms. The van der Waals surface area contributed by atoms with Crippen molar-refractivity contribution < 1.29 is 14.3 Å². The maximum Gasteiger partial charge on any atom is 0.328 e. The van der Waals surface area contributed by atoms with Crippen LogP contribution in [0.1, 0.15) is 38.2 Å². The van der Waals surface area contributed by atoms with E-state index in [9.17, 15) is 9.59 Å². The molecule has 0 saturated carbocycles. The third-order valence-corrected chi connectivity index (χ3v) is 3.93. The summed E-state index contributed by atoms with van der Waals surface area (Å²) >= 11 is 0. The minimum Gasteiger partial charge on any atom is -0.467 e. The van der Waals surface area contributed by atoms with E-state index in [-0.39, 0.29) is 5.91 Å². The summed E-state index contributed by atoms with van der Waals surface area (Å²) < 4.78 is 4.84.